The summed E-state index contributed by atoms with van der Waals surface area (Å²) in [5.41, 5.74) is 0. The van der Waals surface area contributed by atoms with Crippen LogP contribution in [0.4, 0.5) is 0 Å². The molecule has 0 bridgehead atoms. The Bertz CT molecular complexity index is 270. The van der Waals surface area contributed by atoms with Crippen LogP contribution in [-0.4, -0.2) is 49.1 Å². The van der Waals surface area contributed by atoms with Crippen LogP contribution in [0, 0.1) is 0 Å². The maximum absolute atomic E-state index is 11.4. The number of aldehydes is 1. The normalized spacial score (nSPS) is 13.6. The molecular weight excluding hydrogens is 226 g/mol. The Morgan fingerprint density at radius 2 is 2.00 bits per heavy atom. The number of nitrogens with one attached hydrogen (secondary N) is 3. The lowest BCUT2D eigenvalue weighted by Crippen LogP contribution is -2.45. The second-order valence-electron chi connectivity index (χ2n) is 3.54. The van der Waals surface area contributed by atoms with Crippen molar-refractivity contribution in [2.24, 2.45) is 0 Å². The van der Waals surface area contributed by atoms with Crippen LogP contribution in [0.15, 0.2) is 0 Å². The van der Waals surface area contributed by atoms with Gasteiger partial charge in [-0.2, -0.15) is 0 Å². The van der Waals surface area contributed by atoms with Crippen molar-refractivity contribution in [1.29, 1.82) is 0 Å². The summed E-state index contributed by atoms with van der Waals surface area (Å²) in [5.74, 6) is -0.628. The van der Waals surface area contributed by atoms with Gasteiger partial charge in [0.05, 0.1) is 6.54 Å². The van der Waals surface area contributed by atoms with Crippen molar-refractivity contribution in [3.05, 3.63) is 0 Å². The van der Waals surface area contributed by atoms with Crippen molar-refractivity contribution in [1.82, 2.24) is 16.0 Å². The van der Waals surface area contributed by atoms with Gasteiger partial charge in [-0.3, -0.25) is 14.9 Å². The van der Waals surface area contributed by atoms with Crippen LogP contribution < -0.4 is 16.0 Å². The Kier molecular flexibility index (Phi) is 7.91. The van der Waals surface area contributed by atoms with Gasteiger partial charge in [0.2, 0.25) is 11.8 Å². The van der Waals surface area contributed by atoms with Gasteiger partial charge in [-0.15, -0.1) is 0 Å². The van der Waals surface area contributed by atoms with E-state index in [0.717, 1.165) is 0 Å². The first-order valence-electron chi connectivity index (χ1n) is 5.35. The fourth-order valence-corrected chi connectivity index (χ4v) is 1.30. The first-order valence-corrected chi connectivity index (χ1v) is 5.35. The highest BCUT2D eigenvalue weighted by atomic mass is 16.3. The summed E-state index contributed by atoms with van der Waals surface area (Å²) in [5, 5.41) is 16.9. The molecule has 0 spiro atoms. The minimum absolute atomic E-state index is 0.0476. The summed E-state index contributed by atoms with van der Waals surface area (Å²) < 4.78 is 0. The van der Waals surface area contributed by atoms with E-state index in [1.807, 2.05) is 0 Å². The number of aliphatic hydroxyl groups is 1. The van der Waals surface area contributed by atoms with Gasteiger partial charge in [-0.25, -0.2) is 0 Å². The zero-order chi connectivity index (χ0) is 13.3. The summed E-state index contributed by atoms with van der Waals surface area (Å²) in [6.07, 6.45) is 0.298. The van der Waals surface area contributed by atoms with Gasteiger partial charge in [0.15, 0.2) is 0 Å². The summed E-state index contributed by atoms with van der Waals surface area (Å²) in [4.78, 5) is 32.3. The predicted octanol–water partition coefficient (Wildman–Crippen LogP) is -1.88. The second kappa shape index (κ2) is 8.66. The van der Waals surface area contributed by atoms with Gasteiger partial charge in [-0.1, -0.05) is 0 Å². The van der Waals surface area contributed by atoms with Gasteiger partial charge < -0.3 is 20.5 Å². The number of amides is 2. The maximum atomic E-state index is 11.4. The molecule has 4 N–H and O–H groups in total. The van der Waals surface area contributed by atoms with E-state index in [4.69, 9.17) is 0 Å². The number of carbonyl (C=O) groups excluding carboxylic acids is 3. The molecule has 0 aliphatic carbocycles. The van der Waals surface area contributed by atoms with Crippen molar-refractivity contribution in [2.45, 2.75) is 32.0 Å². The predicted molar refractivity (Wildman–Crippen MR) is 61.0 cm³/mol. The number of rotatable bonds is 8. The molecule has 0 saturated heterocycles. The number of hydrogen-bond acceptors (Lipinski definition) is 5. The molecule has 2 unspecified atom stereocenters. The standard InChI is InChI=1S/C10H19N3O4/c1-7(15)13-8(10(17)11-2)3-4-9(16)12-5-6-14/h6,8-9,12,16H,3-5H2,1-2H3,(H,11,17)(H,13,15). The monoisotopic (exact) mass is 245 g/mol. The van der Waals surface area contributed by atoms with E-state index in [-0.39, 0.29) is 31.2 Å². The van der Waals surface area contributed by atoms with E-state index in [1.54, 1.807) is 0 Å². The van der Waals surface area contributed by atoms with Gasteiger partial charge in [-0.05, 0) is 12.8 Å². The molecule has 0 aliphatic rings. The van der Waals surface area contributed by atoms with Crippen molar-refractivity contribution < 1.29 is 19.5 Å². The molecule has 0 aromatic rings. The van der Waals surface area contributed by atoms with Crippen LogP contribution in [0.3, 0.4) is 0 Å². The molecule has 0 radical (unpaired) electrons. The summed E-state index contributed by atoms with van der Waals surface area (Å²) in [6, 6.07) is -0.676. The third kappa shape index (κ3) is 7.42. The third-order valence-corrected chi connectivity index (χ3v) is 2.11. The van der Waals surface area contributed by atoms with Gasteiger partial charge >= 0.3 is 0 Å². The molecule has 0 heterocycles. The van der Waals surface area contributed by atoms with Crippen molar-refractivity contribution in [2.75, 3.05) is 13.6 Å². The Balaban J connectivity index is 4.10. The van der Waals surface area contributed by atoms with Gasteiger partial charge in [0.25, 0.3) is 0 Å². The molecule has 17 heavy (non-hydrogen) atoms. The fraction of sp³-hybridized carbons (Fsp3) is 0.700. The number of likely N-dealkylation sites (N-methyl/N-ethyl adjacent to an activating group) is 1. The lowest BCUT2D eigenvalue weighted by Gasteiger charge is -2.18. The molecule has 0 fully saturated rings. The van der Waals surface area contributed by atoms with Crippen molar-refractivity contribution in [3.8, 4) is 0 Å². The molecule has 2 amide bonds. The van der Waals surface area contributed by atoms with Crippen LogP contribution in [-0.2, 0) is 14.4 Å². The van der Waals surface area contributed by atoms with Gasteiger partial charge in [0, 0.05) is 14.0 Å². The molecule has 0 aromatic carbocycles. The largest absolute Gasteiger partial charge is 0.379 e. The van der Waals surface area contributed by atoms with Crippen molar-refractivity contribution >= 4 is 18.1 Å². The average Bonchev–Trinajstić information content (AvgIpc) is 2.30. The molecule has 7 nitrogen and oxygen atoms in total. The zero-order valence-corrected chi connectivity index (χ0v) is 10.0. The van der Waals surface area contributed by atoms with Crippen LogP contribution in [0.5, 0.6) is 0 Å². The van der Waals surface area contributed by atoms with E-state index < -0.39 is 12.3 Å². The number of aliphatic hydroxyl groups excluding tert-OH is 1. The van der Waals surface area contributed by atoms with Crippen LogP contribution in [0.1, 0.15) is 19.8 Å². The van der Waals surface area contributed by atoms with Crippen molar-refractivity contribution in [3.63, 3.8) is 0 Å². The molecule has 2 atom stereocenters. The fourth-order valence-electron chi connectivity index (χ4n) is 1.30. The summed E-state index contributed by atoms with van der Waals surface area (Å²) in [6.45, 7) is 1.36. The maximum Gasteiger partial charge on any atom is 0.242 e. The van der Waals surface area contributed by atoms with Gasteiger partial charge in [0.1, 0.15) is 18.6 Å². The molecule has 98 valence electrons. The summed E-state index contributed by atoms with van der Waals surface area (Å²) in [7, 11) is 1.47. The van der Waals surface area contributed by atoms with Crippen LogP contribution in [0.2, 0.25) is 0 Å². The molecule has 0 saturated carbocycles. The van der Waals surface area contributed by atoms with E-state index in [1.165, 1.54) is 14.0 Å². The molecule has 7 heteroatoms. The number of carbonyl (C=O) groups is 3. The third-order valence-electron chi connectivity index (χ3n) is 2.11. The highest BCUT2D eigenvalue weighted by Gasteiger charge is 2.19. The minimum Gasteiger partial charge on any atom is -0.379 e. The highest BCUT2D eigenvalue weighted by molar-refractivity contribution is 5.86. The molecular formula is C10H19N3O4. The molecule has 0 aliphatic heterocycles. The molecule has 0 aromatic heterocycles. The summed E-state index contributed by atoms with van der Waals surface area (Å²) >= 11 is 0. The Labute approximate surface area is 100.0 Å². The van der Waals surface area contributed by atoms with E-state index in [9.17, 15) is 19.5 Å². The smallest absolute Gasteiger partial charge is 0.242 e. The first kappa shape index (κ1) is 15.5. The Hall–Kier alpha value is -1.47. The number of hydrogen-bond donors (Lipinski definition) is 4. The second-order valence-corrected chi connectivity index (χ2v) is 3.54. The minimum atomic E-state index is -0.874. The van der Waals surface area contributed by atoms with Crippen LogP contribution >= 0.6 is 0 Å². The quantitative estimate of drug-likeness (QED) is 0.296. The Morgan fingerprint density at radius 3 is 2.47 bits per heavy atom. The van der Waals surface area contributed by atoms with Crippen LogP contribution in [0.25, 0.3) is 0 Å². The molecule has 0 rings (SSSR count). The average molecular weight is 245 g/mol. The lowest BCUT2D eigenvalue weighted by atomic mass is 10.1. The lowest BCUT2D eigenvalue weighted by molar-refractivity contribution is -0.128. The topological polar surface area (TPSA) is 108 Å². The SMILES string of the molecule is CNC(=O)C(CCC(O)NCC=O)NC(C)=O. The highest BCUT2D eigenvalue weighted by Crippen LogP contribution is 2.00. The Morgan fingerprint density at radius 1 is 1.35 bits per heavy atom. The van der Waals surface area contributed by atoms with E-state index in [2.05, 4.69) is 16.0 Å². The van der Waals surface area contributed by atoms with E-state index >= 15 is 0 Å². The first-order chi connectivity index (χ1) is 8.01. The zero-order valence-electron chi connectivity index (χ0n) is 10.0. The van der Waals surface area contributed by atoms with E-state index in [0.29, 0.717) is 6.29 Å².